The first-order valence-corrected chi connectivity index (χ1v) is 11.2. The maximum absolute atomic E-state index is 13.2. The van der Waals surface area contributed by atoms with Crippen LogP contribution in [0.3, 0.4) is 0 Å². The summed E-state index contributed by atoms with van der Waals surface area (Å²) >= 11 is 0. The van der Waals surface area contributed by atoms with Crippen LogP contribution >= 0.6 is 0 Å². The van der Waals surface area contributed by atoms with E-state index in [-0.39, 0.29) is 12.5 Å². The number of nitrogens with one attached hydrogen (secondary N) is 1. The topological polar surface area (TPSA) is 87.8 Å². The second kappa shape index (κ2) is 10.1. The van der Waals surface area contributed by atoms with Crippen LogP contribution in [0.5, 0.6) is 0 Å². The van der Waals surface area contributed by atoms with Gasteiger partial charge in [-0.3, -0.25) is 14.7 Å². The summed E-state index contributed by atoms with van der Waals surface area (Å²) in [7, 11) is 1.55. The first-order valence-electron chi connectivity index (χ1n) is 11.2. The van der Waals surface area contributed by atoms with Crippen molar-refractivity contribution in [1.82, 2.24) is 19.8 Å². The summed E-state index contributed by atoms with van der Waals surface area (Å²) in [5.41, 5.74) is 4.38. The van der Waals surface area contributed by atoms with Crippen LogP contribution in [0.1, 0.15) is 37.7 Å². The number of hydrogen-bond donors (Lipinski definition) is 1. The summed E-state index contributed by atoms with van der Waals surface area (Å²) in [5, 5.41) is 1.14. The average Bonchev–Trinajstić information content (AvgIpc) is 3.13. The van der Waals surface area contributed by atoms with E-state index < -0.39 is 5.97 Å². The number of aromatic nitrogens is 2. The summed E-state index contributed by atoms with van der Waals surface area (Å²) in [6.45, 7) is 7.69. The lowest BCUT2D eigenvalue weighted by molar-refractivity contribution is 0.0387. The number of hydrogen-bond acceptors (Lipinski definition) is 6. The Morgan fingerprint density at radius 1 is 1.06 bits per heavy atom. The highest BCUT2D eigenvalue weighted by Crippen LogP contribution is 2.22. The molecule has 0 bridgehead atoms. The number of carbonyl (C=O) groups is 2. The highest BCUT2D eigenvalue weighted by Gasteiger charge is 2.28. The fourth-order valence-corrected chi connectivity index (χ4v) is 4.36. The molecule has 33 heavy (non-hydrogen) atoms. The molecular formula is C25H30N4O4. The van der Waals surface area contributed by atoms with Crippen LogP contribution in [0.25, 0.3) is 10.9 Å². The fourth-order valence-electron chi connectivity index (χ4n) is 4.36. The maximum atomic E-state index is 13.2. The van der Waals surface area contributed by atoms with E-state index in [1.807, 2.05) is 17.2 Å². The van der Waals surface area contributed by atoms with Gasteiger partial charge in [0.1, 0.15) is 12.3 Å². The minimum atomic E-state index is -0.439. The van der Waals surface area contributed by atoms with E-state index in [1.54, 1.807) is 21.0 Å². The first-order chi connectivity index (χ1) is 16.0. The molecule has 1 aliphatic rings. The van der Waals surface area contributed by atoms with Crippen molar-refractivity contribution in [2.24, 2.45) is 0 Å². The van der Waals surface area contributed by atoms with E-state index in [9.17, 15) is 9.59 Å². The van der Waals surface area contributed by atoms with Gasteiger partial charge in [0.15, 0.2) is 0 Å². The zero-order valence-electron chi connectivity index (χ0n) is 19.4. The largest absolute Gasteiger partial charge is 0.460 e. The van der Waals surface area contributed by atoms with Crippen molar-refractivity contribution in [1.29, 1.82) is 0 Å². The van der Waals surface area contributed by atoms with E-state index in [1.165, 1.54) is 5.56 Å². The second-order valence-electron chi connectivity index (χ2n) is 8.31. The standard InChI is InChI=1S/C25H30N4O4/c1-17-21(25(31)33-15-14-32-3)18(2)27-22(17)24(30)29-12-10-28(11-13-29)16-20-7-4-6-19-8-5-9-26-23(19)20/h4-9,27H,10-16H2,1-3H3. The van der Waals surface area contributed by atoms with Gasteiger partial charge in [-0.2, -0.15) is 0 Å². The number of ether oxygens (including phenoxy) is 2. The minimum absolute atomic E-state index is 0.0852. The Labute approximate surface area is 193 Å². The lowest BCUT2D eigenvalue weighted by atomic mass is 10.1. The smallest absolute Gasteiger partial charge is 0.340 e. The maximum Gasteiger partial charge on any atom is 0.340 e. The number of H-pyrrole nitrogens is 1. The van der Waals surface area contributed by atoms with E-state index in [4.69, 9.17) is 9.47 Å². The molecule has 174 valence electrons. The van der Waals surface area contributed by atoms with Crippen LogP contribution in [0.4, 0.5) is 0 Å². The highest BCUT2D eigenvalue weighted by molar-refractivity contribution is 6.00. The Kier molecular flexibility index (Phi) is 7.05. The van der Waals surface area contributed by atoms with Crippen LogP contribution in [0, 0.1) is 13.8 Å². The molecule has 0 spiro atoms. The molecule has 0 atom stereocenters. The van der Waals surface area contributed by atoms with Crippen molar-refractivity contribution in [3.8, 4) is 0 Å². The summed E-state index contributed by atoms with van der Waals surface area (Å²) < 4.78 is 10.2. The molecule has 0 unspecified atom stereocenters. The van der Waals surface area contributed by atoms with Gasteiger partial charge < -0.3 is 19.4 Å². The lowest BCUT2D eigenvalue weighted by Crippen LogP contribution is -2.48. The molecule has 1 amide bonds. The number of pyridine rings is 1. The van der Waals surface area contributed by atoms with Crippen molar-refractivity contribution in [2.75, 3.05) is 46.5 Å². The minimum Gasteiger partial charge on any atom is -0.460 e. The summed E-state index contributed by atoms with van der Waals surface area (Å²) in [6.07, 6.45) is 1.82. The van der Waals surface area contributed by atoms with Gasteiger partial charge >= 0.3 is 5.97 Å². The molecule has 0 saturated carbocycles. The van der Waals surface area contributed by atoms with Crippen LogP contribution in [0.15, 0.2) is 36.5 Å². The number of benzene rings is 1. The zero-order chi connectivity index (χ0) is 23.4. The van der Waals surface area contributed by atoms with Gasteiger partial charge in [-0.25, -0.2) is 4.79 Å². The average molecular weight is 451 g/mol. The van der Waals surface area contributed by atoms with Crippen molar-refractivity contribution in [2.45, 2.75) is 20.4 Å². The van der Waals surface area contributed by atoms with Crippen LogP contribution in [0.2, 0.25) is 0 Å². The number of amides is 1. The number of fused-ring (bicyclic) bond motifs is 1. The first kappa shape index (κ1) is 22.9. The normalized spacial score (nSPS) is 14.6. The molecule has 1 aliphatic heterocycles. The van der Waals surface area contributed by atoms with E-state index in [0.29, 0.717) is 42.2 Å². The quantitative estimate of drug-likeness (QED) is 0.440. The summed E-state index contributed by atoms with van der Waals surface area (Å²) in [6, 6.07) is 10.3. The van der Waals surface area contributed by atoms with Gasteiger partial charge in [0, 0.05) is 57.1 Å². The molecule has 4 rings (SSSR count). The number of methoxy groups -OCH3 is 1. The summed E-state index contributed by atoms with van der Waals surface area (Å²) in [4.78, 5) is 37.5. The Bertz CT molecular complexity index is 1140. The molecule has 1 aromatic carbocycles. The van der Waals surface area contributed by atoms with Gasteiger partial charge in [-0.1, -0.05) is 24.3 Å². The van der Waals surface area contributed by atoms with Gasteiger partial charge in [-0.15, -0.1) is 0 Å². The Morgan fingerprint density at radius 3 is 2.58 bits per heavy atom. The van der Waals surface area contributed by atoms with Crippen LogP contribution in [-0.4, -0.2) is 78.1 Å². The molecule has 1 saturated heterocycles. The number of carbonyl (C=O) groups excluding carboxylic acids is 2. The SMILES string of the molecule is COCCOC(=O)c1c(C)[nH]c(C(=O)N2CCN(Cc3cccc4cccnc34)CC2)c1C. The van der Waals surface area contributed by atoms with Crippen molar-refractivity contribution < 1.29 is 19.1 Å². The summed E-state index contributed by atoms with van der Waals surface area (Å²) in [5.74, 6) is -0.524. The Hall–Kier alpha value is -3.23. The highest BCUT2D eigenvalue weighted by atomic mass is 16.6. The number of rotatable bonds is 7. The molecule has 3 aromatic rings. The van der Waals surface area contributed by atoms with Crippen molar-refractivity contribution >= 4 is 22.8 Å². The van der Waals surface area contributed by atoms with Crippen molar-refractivity contribution in [3.05, 3.63) is 64.6 Å². The molecule has 0 aliphatic carbocycles. The Balaban J connectivity index is 1.39. The molecule has 8 heteroatoms. The molecular weight excluding hydrogens is 420 g/mol. The van der Waals surface area contributed by atoms with Gasteiger partial charge in [0.2, 0.25) is 0 Å². The predicted octanol–water partition coefficient (Wildman–Crippen LogP) is 2.94. The van der Waals surface area contributed by atoms with E-state index in [2.05, 4.69) is 39.1 Å². The zero-order valence-corrected chi connectivity index (χ0v) is 19.4. The molecule has 8 nitrogen and oxygen atoms in total. The van der Waals surface area contributed by atoms with Crippen LogP contribution < -0.4 is 0 Å². The number of piperazine rings is 1. The van der Waals surface area contributed by atoms with E-state index in [0.717, 1.165) is 30.5 Å². The molecule has 1 N–H and O–H groups in total. The number of aromatic amines is 1. The third-order valence-electron chi connectivity index (χ3n) is 6.15. The monoisotopic (exact) mass is 450 g/mol. The van der Waals surface area contributed by atoms with E-state index >= 15 is 0 Å². The lowest BCUT2D eigenvalue weighted by Gasteiger charge is -2.34. The molecule has 0 radical (unpaired) electrons. The molecule has 1 fully saturated rings. The van der Waals surface area contributed by atoms with Gasteiger partial charge in [-0.05, 0) is 31.0 Å². The number of esters is 1. The van der Waals surface area contributed by atoms with Crippen molar-refractivity contribution in [3.63, 3.8) is 0 Å². The Morgan fingerprint density at radius 2 is 1.82 bits per heavy atom. The predicted molar refractivity (Wildman–Crippen MR) is 125 cm³/mol. The van der Waals surface area contributed by atoms with Gasteiger partial charge in [0.05, 0.1) is 17.7 Å². The number of aryl methyl sites for hydroxylation is 1. The fraction of sp³-hybridized carbons (Fsp3) is 0.400. The van der Waals surface area contributed by atoms with Crippen LogP contribution in [-0.2, 0) is 16.0 Å². The number of nitrogens with zero attached hydrogens (tertiary/aromatic N) is 3. The number of para-hydroxylation sites is 1. The second-order valence-corrected chi connectivity index (χ2v) is 8.31. The molecule has 3 heterocycles. The third kappa shape index (κ3) is 4.91. The third-order valence-corrected chi connectivity index (χ3v) is 6.15. The molecule has 2 aromatic heterocycles. The van der Waals surface area contributed by atoms with Gasteiger partial charge in [0.25, 0.3) is 5.91 Å².